The second-order valence-electron chi connectivity index (χ2n) is 33.4. The molecule has 148 heavy (non-hydrogen) atoms. The first kappa shape index (κ1) is 107. The van der Waals surface area contributed by atoms with E-state index < -0.39 is 284 Å². The van der Waals surface area contributed by atoms with Gasteiger partial charge in [0.15, 0.2) is 64.2 Å². The summed E-state index contributed by atoms with van der Waals surface area (Å²) in [5, 5.41) is 0. The predicted octanol–water partition coefficient (Wildman–Crippen LogP) is -0.680. The number of aromatic nitrogens is 24. The third kappa shape index (κ3) is 24.4. The van der Waals surface area contributed by atoms with Crippen molar-refractivity contribution in [3.05, 3.63) is 113 Å². The Morgan fingerprint density at radius 2 is 0.601 bits per heavy atom. The maximum atomic E-state index is 14.8. The number of nitrogens with two attached hydrogens (primary N) is 7. The molecule has 800 valence electrons. The number of hydrogen-bond donors (Lipinski definition) is 17. The van der Waals surface area contributed by atoms with Crippen LogP contribution in [0.5, 0.6) is 0 Å². The molecule has 69 nitrogen and oxygen atoms in total. The second kappa shape index (κ2) is 43.0. The van der Waals surface area contributed by atoms with Gasteiger partial charge in [-0.15, -0.1) is 0 Å². The van der Waals surface area contributed by atoms with Gasteiger partial charge in [0.05, 0.1) is 96.2 Å². The molecule has 0 radical (unpaired) electrons. The number of rotatable bonds is 42. The summed E-state index contributed by atoms with van der Waals surface area (Å²) < 4.78 is 202. The Morgan fingerprint density at radius 1 is 0.345 bits per heavy atom. The normalized spacial score (nSPS) is 29.2. The van der Waals surface area contributed by atoms with Crippen LogP contribution >= 0.6 is 59.7 Å². The van der Waals surface area contributed by atoms with Crippen molar-refractivity contribution in [2.45, 2.75) is 174 Å². The maximum absolute atomic E-state index is 14.8. The minimum Gasteiger partial charge on any atom is -0.383 e. The van der Waals surface area contributed by atoms with Gasteiger partial charge in [-0.25, -0.2) is 97.2 Å². The molecular weight excluding hydrogens is 2200 g/mol. The summed E-state index contributed by atoms with van der Waals surface area (Å²) in [4.78, 5) is 208. The number of phosphoric acid groups is 5. The van der Waals surface area contributed by atoms with E-state index in [-0.39, 0.29) is 104 Å². The molecule has 19 heterocycles. The molecule has 28 atom stereocenters. The number of nitrogens with one attached hydrogen (secondary N) is 1. The Bertz CT molecular complexity index is 7590. The van der Waals surface area contributed by atoms with Crippen molar-refractivity contribution >= 4 is 192 Å². The van der Waals surface area contributed by atoms with E-state index in [4.69, 9.17) is 168 Å². The Hall–Kier alpha value is -9.19. The number of fused-ring (bicyclic) bond motifs is 5. The quantitative estimate of drug-likeness (QED) is 0.0211. The first-order valence-corrected chi connectivity index (χ1v) is 58.6. The van der Waals surface area contributed by atoms with Gasteiger partial charge in [-0.2, -0.15) is 15.0 Å². The number of H-pyrrole nitrogens is 1. The fourth-order valence-electron chi connectivity index (χ4n) is 17.2. The highest BCUT2D eigenvalue weighted by Gasteiger charge is 2.53. The molecular formula is C68H87N31O38P8S3. The number of phosphoric ester groups is 5. The van der Waals surface area contributed by atoms with Crippen molar-refractivity contribution in [2.75, 3.05) is 86.4 Å². The molecule has 24 N–H and O–H groups in total. The minimum atomic E-state index is -5.69. The molecule has 7 saturated heterocycles. The summed E-state index contributed by atoms with van der Waals surface area (Å²) in [5.74, 6) is -0.885. The van der Waals surface area contributed by atoms with E-state index in [1.165, 1.54) is 70.0 Å². The Morgan fingerprint density at radius 3 is 0.892 bits per heavy atom. The minimum absolute atomic E-state index is 0.00688. The van der Waals surface area contributed by atoms with Crippen molar-refractivity contribution in [1.29, 1.82) is 0 Å². The third-order valence-electron chi connectivity index (χ3n) is 23.8. The monoisotopic (exact) mass is 2290 g/mol. The number of ether oxygens (including phenoxy) is 7. The van der Waals surface area contributed by atoms with Crippen LogP contribution in [-0.2, 0) is 155 Å². The molecule has 7 fully saturated rings. The fourth-order valence-corrected chi connectivity index (χ4v) is 25.2. The van der Waals surface area contributed by atoms with Crippen LogP contribution in [0, 0.1) is 0 Å². The third-order valence-corrected chi connectivity index (χ3v) is 32.3. The standard InChI is InChI=1S/C68H87N31O38P8S3/c69-42-1-3-93(67(101)89-42)44-6-29(37(125-44)13-118-141(109,110)133-30-7-47(127-36(30)12-117-139(104,105)106)96-24-85-52-57(72)77-20-81-61(52)96)132-140(107,108)120-15-39-32(9-50(129-39)99-27-88-55-64(99)91-66(75)92-65(55)100)135-142(111,112)119-14-38-31(8-48(128-38)97-25-86-53-58(73)78-21-82-62(53)97)134-143(113,114)121-16-40-33(10-45(126-40)94-4-2-43(70)90-68(94)102)136-145(116,148)123-18-41-34(11-49(130-41)98-26-87-54-59(74)79-22-83-63(54)98)137-144(115,147)122-17-35-28(131-138(103)146)5-46(124-35)95-23-84-51-56(71)76-19-80-60(51)95/h1-4,19-41,44-50,138H,5-18H2,(H,103,146)(H,107,108)(H,109,110)(H,111,112)(H,113,114)(H,115,147)(H,116,148)(H2,69,89,101)(H2,70,90,102)(H2,71,76,80)(H2,72,77,81)(H2,73,78,82)(H2,74,79,83)(H2,104,105,106)(H3,75,91,92,100)/t28?,29-,30?,31?,32?,33?,34?,35-,36-,37-,38-,39-,40-,41-,44-,45-,46-,47-,48-,49-,50-,144?,145?/m1/s1. The zero-order valence-electron chi connectivity index (χ0n) is 75.1. The second-order valence-corrected chi connectivity index (χ2v) is 47.7. The van der Waals surface area contributed by atoms with E-state index in [0.717, 1.165) is 38.9 Å². The molecule has 12 aromatic rings. The smallest absolute Gasteiger partial charge is 0.383 e. The summed E-state index contributed by atoms with van der Waals surface area (Å²) in [5.41, 5.74) is 39.8. The highest BCUT2D eigenvalue weighted by Crippen LogP contribution is 2.59. The molecule has 0 spiro atoms. The Labute approximate surface area is 840 Å². The van der Waals surface area contributed by atoms with Crippen LogP contribution in [0.1, 0.15) is 88.5 Å². The van der Waals surface area contributed by atoms with Crippen LogP contribution in [0.2, 0.25) is 0 Å². The average molecular weight is 2290 g/mol. The van der Waals surface area contributed by atoms with Gasteiger partial charge >= 0.3 is 63.9 Å². The van der Waals surface area contributed by atoms with Crippen LogP contribution in [0.15, 0.2) is 95.9 Å². The van der Waals surface area contributed by atoms with Crippen LogP contribution in [0.25, 0.3) is 55.8 Å². The summed E-state index contributed by atoms with van der Waals surface area (Å²) in [6.45, 7) is -15.7. The zero-order chi connectivity index (χ0) is 105. The lowest BCUT2D eigenvalue weighted by atomic mass is 10.2. The van der Waals surface area contributed by atoms with Crippen molar-refractivity contribution in [1.82, 2.24) is 117 Å². The average Bonchev–Trinajstić information content (AvgIpc) is 1.64. The van der Waals surface area contributed by atoms with Gasteiger partial charge in [0.1, 0.15) is 170 Å². The first-order valence-electron chi connectivity index (χ1n) is 43.4. The van der Waals surface area contributed by atoms with Crippen molar-refractivity contribution in [2.24, 2.45) is 0 Å². The highest BCUT2D eigenvalue weighted by atomic mass is 32.5. The number of hydrogen-bond acceptors (Lipinski definition) is 55. The number of nitrogens with zero attached hydrogens (tertiary/aromatic N) is 23. The molecule has 7 aliphatic rings. The lowest BCUT2D eigenvalue weighted by molar-refractivity contribution is -0.0639. The first-order chi connectivity index (χ1) is 70.2. The van der Waals surface area contributed by atoms with Crippen molar-refractivity contribution in [3.8, 4) is 0 Å². The van der Waals surface area contributed by atoms with Crippen LogP contribution in [0.3, 0.4) is 0 Å². The van der Waals surface area contributed by atoms with Crippen LogP contribution < -0.4 is 57.1 Å². The molecule has 12 aromatic heterocycles. The topological polar surface area (TPSA) is 951 Å². The molecule has 0 aliphatic carbocycles. The molecule has 0 bridgehead atoms. The molecule has 80 heteroatoms. The van der Waals surface area contributed by atoms with Crippen molar-refractivity contribution in [3.63, 3.8) is 0 Å². The molecule has 7 aliphatic heterocycles. The van der Waals surface area contributed by atoms with Crippen LogP contribution in [-0.4, -0.2) is 292 Å². The number of nitrogen functional groups attached to an aromatic ring is 7. The van der Waals surface area contributed by atoms with Crippen LogP contribution in [0.4, 0.5) is 40.9 Å². The van der Waals surface area contributed by atoms with Gasteiger partial charge in [0.2, 0.25) is 5.95 Å². The predicted molar refractivity (Wildman–Crippen MR) is 505 cm³/mol. The lowest BCUT2D eigenvalue weighted by Crippen LogP contribution is -2.32. The summed E-state index contributed by atoms with van der Waals surface area (Å²) in [6, 6.07) is 2.43. The molecule has 0 aromatic carbocycles. The van der Waals surface area contributed by atoms with E-state index in [9.17, 15) is 81.2 Å². The Balaban J connectivity index is 0.536. The van der Waals surface area contributed by atoms with Gasteiger partial charge in [0, 0.05) is 57.3 Å². The van der Waals surface area contributed by atoms with E-state index in [2.05, 4.69) is 89.3 Å². The van der Waals surface area contributed by atoms with E-state index in [1.807, 2.05) is 0 Å². The van der Waals surface area contributed by atoms with E-state index >= 15 is 0 Å². The molecule has 13 unspecified atom stereocenters. The van der Waals surface area contributed by atoms with Gasteiger partial charge < -0.3 is 140 Å². The number of imidazole rings is 5. The summed E-state index contributed by atoms with van der Waals surface area (Å²) in [7, 11) is -30.5. The largest absolute Gasteiger partial charge is 0.472 e. The fraction of sp³-hybridized carbons (Fsp3) is 0.515. The van der Waals surface area contributed by atoms with E-state index in [0.29, 0.717) is 5.65 Å². The van der Waals surface area contributed by atoms with Crippen molar-refractivity contribution < 1.29 is 163 Å². The van der Waals surface area contributed by atoms with Gasteiger partial charge in [-0.1, -0.05) is 0 Å². The zero-order valence-corrected chi connectivity index (χ0v) is 84.8. The molecule has 19 rings (SSSR count). The number of anilines is 7. The summed E-state index contributed by atoms with van der Waals surface area (Å²) in [6.07, 6.45) is -19.8. The molecule has 0 amide bonds. The van der Waals surface area contributed by atoms with E-state index in [1.54, 1.807) is 4.57 Å². The highest BCUT2D eigenvalue weighted by molar-refractivity contribution is 8.07. The summed E-state index contributed by atoms with van der Waals surface area (Å²) >= 11 is 16.3. The Kier molecular flexibility index (Phi) is 31.2. The van der Waals surface area contributed by atoms with Gasteiger partial charge in [0.25, 0.3) is 5.56 Å². The SMILES string of the molecule is Nc1ccn([C@H]2CC(OP(O)(=S)OC[C@H]3O[C@@H](n4cnc5c(N)ncnc54)CC3OP(O)(=S)OC[C@H]3O[C@@H](n4cnc5c(N)ncnc54)CC3O[PH](O)=S)[C@@H](COP(=O)(O)OC3C[C@H](n4cnc5c(N)ncnc54)O[C@@H]3COP(=O)(O)OC3C[C@H](n4cnc5c(=O)[nH]c(N)nc54)O[C@@H]3COP(=O)(O)O[C@@H]3C[C@H](n4ccc(N)nc4=O)O[C@@H]3COP(=O)(O)OC3C[C@H](n4cnc5c(N)ncnc54)O[C@@H]3COP(=O)(O)O)O2)c(=O)n1. The van der Waals surface area contributed by atoms with Gasteiger partial charge in [-0.05, 0) is 47.6 Å². The van der Waals surface area contributed by atoms with Gasteiger partial charge in [-0.3, -0.25) is 82.5 Å². The lowest BCUT2D eigenvalue weighted by Gasteiger charge is -2.27. The molecule has 0 saturated carbocycles. The maximum Gasteiger partial charge on any atom is 0.472 e. The number of aromatic amines is 1.